The summed E-state index contributed by atoms with van der Waals surface area (Å²) in [7, 11) is 0. The van der Waals surface area contributed by atoms with E-state index in [9.17, 15) is 9.59 Å². The molecule has 2 N–H and O–H groups in total. The number of nitrogens with one attached hydrogen (secondary N) is 1. The molecule has 1 aliphatic heterocycles. The van der Waals surface area contributed by atoms with E-state index < -0.39 is 12.0 Å². The van der Waals surface area contributed by atoms with Crippen LogP contribution in [-0.4, -0.2) is 23.0 Å². The minimum atomic E-state index is -0.944. The Kier molecular flexibility index (Phi) is 3.50. The average molecular weight is 195 g/mol. The zero-order valence-electron chi connectivity index (χ0n) is 5.46. The summed E-state index contributed by atoms with van der Waals surface area (Å²) in [6.45, 7) is 0. The Hall–Kier alpha value is -0.437. The van der Waals surface area contributed by atoms with Crippen LogP contribution in [0.3, 0.4) is 0 Å². The molecular weight excluding hydrogens is 187 g/mol. The normalized spacial score (nSPS) is 23.2. The summed E-state index contributed by atoms with van der Waals surface area (Å²) in [5.41, 5.74) is 0. The van der Waals surface area contributed by atoms with Crippen molar-refractivity contribution in [3.63, 3.8) is 0 Å². The molecular formula is C5H7NO3Zn. The zero-order valence-corrected chi connectivity index (χ0v) is 8.43. The number of carboxylic acid groups (broad SMARTS) is 1. The maximum atomic E-state index is 10.4. The second-order valence-corrected chi connectivity index (χ2v) is 2.00. The molecule has 0 aromatic rings. The fourth-order valence-corrected chi connectivity index (χ4v) is 0.799. The number of amides is 1. The van der Waals surface area contributed by atoms with Crippen molar-refractivity contribution in [1.29, 1.82) is 0 Å². The van der Waals surface area contributed by atoms with Crippen LogP contribution in [0.25, 0.3) is 0 Å². The Morgan fingerprint density at radius 1 is 1.70 bits per heavy atom. The number of hydrogen-bond donors (Lipinski definition) is 2. The molecule has 0 radical (unpaired) electrons. The molecule has 52 valence electrons. The van der Waals surface area contributed by atoms with Crippen molar-refractivity contribution in [3.8, 4) is 0 Å². The largest absolute Gasteiger partial charge is 0.480 e. The van der Waals surface area contributed by atoms with E-state index in [1.165, 1.54) is 0 Å². The fraction of sp³-hybridized carbons (Fsp3) is 0.600. The third-order valence-corrected chi connectivity index (χ3v) is 1.29. The van der Waals surface area contributed by atoms with Crippen LogP contribution < -0.4 is 5.32 Å². The van der Waals surface area contributed by atoms with E-state index >= 15 is 0 Å². The first-order valence-electron chi connectivity index (χ1n) is 2.72. The molecule has 1 aliphatic rings. The molecule has 1 fully saturated rings. The topological polar surface area (TPSA) is 66.4 Å². The second kappa shape index (κ2) is 3.66. The van der Waals surface area contributed by atoms with E-state index in [0.29, 0.717) is 12.8 Å². The maximum Gasteiger partial charge on any atom is 0.326 e. The minimum Gasteiger partial charge on any atom is -0.480 e. The molecule has 1 saturated heterocycles. The average Bonchev–Trinajstić information content (AvgIpc) is 2.14. The number of rotatable bonds is 1. The fourth-order valence-electron chi connectivity index (χ4n) is 0.799. The van der Waals surface area contributed by atoms with Crippen LogP contribution >= 0.6 is 0 Å². The molecule has 0 spiro atoms. The number of carboxylic acids is 1. The number of aliphatic carboxylic acids is 1. The van der Waals surface area contributed by atoms with Crippen molar-refractivity contribution >= 4 is 11.9 Å². The maximum absolute atomic E-state index is 10.4. The van der Waals surface area contributed by atoms with Gasteiger partial charge in [-0.25, -0.2) is 4.79 Å². The van der Waals surface area contributed by atoms with Crippen molar-refractivity contribution in [2.75, 3.05) is 0 Å². The molecule has 1 rings (SSSR count). The van der Waals surface area contributed by atoms with E-state index in [-0.39, 0.29) is 25.4 Å². The van der Waals surface area contributed by atoms with Crippen molar-refractivity contribution < 1.29 is 34.2 Å². The van der Waals surface area contributed by atoms with Crippen molar-refractivity contribution in [2.24, 2.45) is 0 Å². The van der Waals surface area contributed by atoms with Crippen molar-refractivity contribution in [3.05, 3.63) is 0 Å². The molecule has 0 aromatic carbocycles. The SMILES string of the molecule is O=C1CCC(C(=O)O)N1.[Zn]. The van der Waals surface area contributed by atoms with Crippen LogP contribution in [-0.2, 0) is 29.1 Å². The first-order chi connectivity index (χ1) is 4.20. The Balaban J connectivity index is 0.000000810. The van der Waals surface area contributed by atoms with E-state index in [1.54, 1.807) is 0 Å². The van der Waals surface area contributed by atoms with Crippen LogP contribution in [0, 0.1) is 0 Å². The minimum absolute atomic E-state index is 0. The molecule has 5 heteroatoms. The zero-order chi connectivity index (χ0) is 6.85. The van der Waals surface area contributed by atoms with Crippen LogP contribution in [0.1, 0.15) is 12.8 Å². The number of carbonyl (C=O) groups excluding carboxylic acids is 1. The van der Waals surface area contributed by atoms with E-state index in [1.807, 2.05) is 0 Å². The summed E-state index contributed by atoms with van der Waals surface area (Å²) in [5, 5.41) is 10.6. The van der Waals surface area contributed by atoms with Crippen LogP contribution in [0.2, 0.25) is 0 Å². The summed E-state index contributed by atoms with van der Waals surface area (Å²) in [6.07, 6.45) is 0.769. The summed E-state index contributed by atoms with van der Waals surface area (Å²) in [5.74, 6) is -1.11. The van der Waals surface area contributed by atoms with Crippen LogP contribution in [0.5, 0.6) is 0 Å². The predicted molar refractivity (Wildman–Crippen MR) is 28.8 cm³/mol. The standard InChI is InChI=1S/C5H7NO3.Zn/c7-4-2-1-3(6-4)5(8)9;/h3H,1-2H2,(H,6,7)(H,8,9);. The summed E-state index contributed by atoms with van der Waals surface area (Å²) in [4.78, 5) is 20.5. The van der Waals surface area contributed by atoms with Crippen molar-refractivity contribution in [2.45, 2.75) is 18.9 Å². The number of hydrogen-bond acceptors (Lipinski definition) is 2. The van der Waals surface area contributed by atoms with Gasteiger partial charge in [-0.05, 0) is 6.42 Å². The summed E-state index contributed by atoms with van der Waals surface area (Å²) < 4.78 is 0. The Bertz CT molecular complexity index is 159. The number of carbonyl (C=O) groups is 2. The Morgan fingerprint density at radius 2 is 2.30 bits per heavy atom. The van der Waals surface area contributed by atoms with E-state index in [2.05, 4.69) is 5.32 Å². The molecule has 0 aliphatic carbocycles. The molecule has 4 nitrogen and oxygen atoms in total. The third kappa shape index (κ3) is 2.06. The van der Waals surface area contributed by atoms with Gasteiger partial charge < -0.3 is 10.4 Å². The molecule has 1 atom stereocenters. The van der Waals surface area contributed by atoms with Gasteiger partial charge in [-0.2, -0.15) is 0 Å². The molecule has 0 saturated carbocycles. The van der Waals surface area contributed by atoms with Gasteiger partial charge in [-0.3, -0.25) is 4.79 Å². The molecule has 1 unspecified atom stereocenters. The molecule has 0 aromatic heterocycles. The molecule has 1 heterocycles. The van der Waals surface area contributed by atoms with E-state index in [4.69, 9.17) is 5.11 Å². The molecule has 0 bridgehead atoms. The van der Waals surface area contributed by atoms with Gasteiger partial charge in [0.25, 0.3) is 0 Å². The summed E-state index contributed by atoms with van der Waals surface area (Å²) in [6, 6.07) is -0.641. The van der Waals surface area contributed by atoms with Crippen molar-refractivity contribution in [1.82, 2.24) is 5.32 Å². The summed E-state index contributed by atoms with van der Waals surface area (Å²) >= 11 is 0. The van der Waals surface area contributed by atoms with Gasteiger partial charge in [0.15, 0.2) is 0 Å². The van der Waals surface area contributed by atoms with Gasteiger partial charge in [0.05, 0.1) is 0 Å². The smallest absolute Gasteiger partial charge is 0.326 e. The van der Waals surface area contributed by atoms with Gasteiger partial charge in [0.1, 0.15) is 6.04 Å². The predicted octanol–water partition coefficient (Wildman–Crippen LogP) is -0.653. The van der Waals surface area contributed by atoms with Gasteiger partial charge in [0.2, 0.25) is 5.91 Å². The third-order valence-electron chi connectivity index (χ3n) is 1.29. The Labute approximate surface area is 70.7 Å². The Morgan fingerprint density at radius 3 is 2.50 bits per heavy atom. The van der Waals surface area contributed by atoms with Gasteiger partial charge in [0, 0.05) is 25.9 Å². The first-order valence-corrected chi connectivity index (χ1v) is 2.72. The van der Waals surface area contributed by atoms with Gasteiger partial charge >= 0.3 is 5.97 Å². The monoisotopic (exact) mass is 193 g/mol. The van der Waals surface area contributed by atoms with Crippen LogP contribution in [0.4, 0.5) is 0 Å². The molecule has 1 amide bonds. The second-order valence-electron chi connectivity index (χ2n) is 2.00. The quantitative estimate of drug-likeness (QED) is 0.545. The first kappa shape index (κ1) is 9.56. The molecule has 10 heavy (non-hydrogen) atoms. The van der Waals surface area contributed by atoms with Crippen LogP contribution in [0.15, 0.2) is 0 Å². The van der Waals surface area contributed by atoms with E-state index in [0.717, 1.165) is 0 Å². The van der Waals surface area contributed by atoms with Gasteiger partial charge in [-0.15, -0.1) is 0 Å². The van der Waals surface area contributed by atoms with Gasteiger partial charge in [-0.1, -0.05) is 0 Å².